The lowest BCUT2D eigenvalue weighted by molar-refractivity contribution is -0.186. The second kappa shape index (κ2) is 7.33. The molecular weight excluding hydrogens is 396 g/mol. The summed E-state index contributed by atoms with van der Waals surface area (Å²) in [6.07, 6.45) is 0.00394. The highest BCUT2D eigenvalue weighted by Crippen LogP contribution is 2.45. The Labute approximate surface area is 162 Å². The Morgan fingerprint density at radius 2 is 2.19 bits per heavy atom. The minimum atomic E-state index is -2.17. The fourth-order valence-electron chi connectivity index (χ4n) is 2.85. The second-order valence-corrected chi connectivity index (χ2v) is 8.05. The van der Waals surface area contributed by atoms with Crippen molar-refractivity contribution in [1.82, 2.24) is 10.2 Å². The van der Waals surface area contributed by atoms with E-state index in [0.29, 0.717) is 0 Å². The zero-order valence-electron chi connectivity index (χ0n) is 14.1. The number of esters is 1. The molecule has 1 aromatic rings. The number of aliphatic hydroxyl groups is 1. The van der Waals surface area contributed by atoms with Crippen molar-refractivity contribution < 1.29 is 34.1 Å². The van der Waals surface area contributed by atoms with Gasteiger partial charge in [0.15, 0.2) is 0 Å². The molecule has 144 valence electrons. The molecule has 2 atom stereocenters. The zero-order chi connectivity index (χ0) is 19.8. The number of fused-ring (bicyclic) bond motifs is 1. The van der Waals surface area contributed by atoms with E-state index in [-0.39, 0.29) is 30.1 Å². The van der Waals surface area contributed by atoms with Crippen LogP contribution in [0.25, 0.3) is 0 Å². The number of nitrogens with zero attached hydrogens (tertiary/aromatic N) is 1. The molecule has 3 rings (SSSR count). The highest BCUT2D eigenvalue weighted by atomic mass is 32.2. The number of hydrogen-bond acceptors (Lipinski definition) is 8. The number of carboxylic acid groups (broad SMARTS) is 1. The van der Waals surface area contributed by atoms with Crippen LogP contribution < -0.4 is 5.32 Å². The van der Waals surface area contributed by atoms with Gasteiger partial charge in [-0.1, -0.05) is 6.07 Å². The van der Waals surface area contributed by atoms with Gasteiger partial charge in [0.1, 0.15) is 17.7 Å². The van der Waals surface area contributed by atoms with Gasteiger partial charge in [0, 0.05) is 23.1 Å². The van der Waals surface area contributed by atoms with Crippen molar-refractivity contribution in [1.29, 1.82) is 0 Å². The molecule has 1 fully saturated rings. The lowest BCUT2D eigenvalue weighted by Gasteiger charge is -2.54. The Kier molecular flexibility index (Phi) is 5.27. The van der Waals surface area contributed by atoms with Crippen LogP contribution in [-0.2, 0) is 30.3 Å². The third kappa shape index (κ3) is 3.57. The Bertz CT molecular complexity index is 836. The average Bonchev–Trinajstić information content (AvgIpc) is 3.11. The molecule has 2 amide bonds. The van der Waals surface area contributed by atoms with Crippen LogP contribution in [0.1, 0.15) is 11.8 Å². The number of hydrogen-bond donors (Lipinski definition) is 3. The number of carboxylic acids is 1. The van der Waals surface area contributed by atoms with Crippen LogP contribution in [0, 0.1) is 0 Å². The molecule has 0 radical (unpaired) electrons. The van der Waals surface area contributed by atoms with Gasteiger partial charge in [-0.25, -0.2) is 4.79 Å². The van der Waals surface area contributed by atoms with Crippen molar-refractivity contribution in [3.05, 3.63) is 33.7 Å². The summed E-state index contributed by atoms with van der Waals surface area (Å²) in [7, 11) is 0. The first kappa shape index (κ1) is 19.4. The summed E-state index contributed by atoms with van der Waals surface area (Å²) in [6.45, 7) is 0.931. The molecule has 1 aromatic heterocycles. The average molecular weight is 412 g/mol. The topological polar surface area (TPSA) is 133 Å². The highest BCUT2D eigenvalue weighted by Gasteiger charge is 2.65. The molecule has 2 aliphatic heterocycles. The molecule has 0 unspecified atom stereocenters. The van der Waals surface area contributed by atoms with Gasteiger partial charge in [0.05, 0.1) is 6.42 Å². The summed E-state index contributed by atoms with van der Waals surface area (Å²) >= 11 is 2.45. The quantitative estimate of drug-likeness (QED) is 0.335. The van der Waals surface area contributed by atoms with Crippen molar-refractivity contribution in [2.45, 2.75) is 24.4 Å². The minimum absolute atomic E-state index is 0.00394. The maximum absolute atomic E-state index is 12.5. The smallest absolute Gasteiger partial charge is 0.352 e. The predicted molar refractivity (Wildman–Crippen MR) is 95.5 cm³/mol. The van der Waals surface area contributed by atoms with Gasteiger partial charge in [-0.3, -0.25) is 19.3 Å². The van der Waals surface area contributed by atoms with E-state index in [0.717, 1.165) is 21.5 Å². The van der Waals surface area contributed by atoms with E-state index in [1.807, 2.05) is 0 Å². The van der Waals surface area contributed by atoms with Crippen LogP contribution in [0.2, 0.25) is 0 Å². The number of carbonyl (C=O) groups excluding carboxylic acids is 3. The van der Waals surface area contributed by atoms with Crippen molar-refractivity contribution >= 4 is 46.9 Å². The third-order valence-electron chi connectivity index (χ3n) is 4.03. The fourth-order valence-corrected chi connectivity index (χ4v) is 4.88. The van der Waals surface area contributed by atoms with Crippen LogP contribution in [0.5, 0.6) is 0 Å². The number of β-lactam (4-membered cyclic amide) rings is 1. The van der Waals surface area contributed by atoms with E-state index in [1.165, 1.54) is 18.3 Å². The van der Waals surface area contributed by atoms with Crippen LogP contribution in [-0.4, -0.2) is 62.3 Å². The van der Waals surface area contributed by atoms with E-state index in [2.05, 4.69) is 5.32 Å². The van der Waals surface area contributed by atoms with Crippen molar-refractivity contribution in [2.75, 3.05) is 12.4 Å². The Balaban J connectivity index is 1.76. The SMILES string of the molecule is CC(=O)OCC1=C(C(=O)O)N2C(=O)[C@](O)(NC(=O)Cc3cccs3)[C@H]2SC1. The number of amides is 2. The van der Waals surface area contributed by atoms with Gasteiger partial charge in [-0.15, -0.1) is 23.1 Å². The van der Waals surface area contributed by atoms with Crippen molar-refractivity contribution in [3.63, 3.8) is 0 Å². The van der Waals surface area contributed by atoms with Crippen LogP contribution in [0.4, 0.5) is 0 Å². The Hall–Kier alpha value is -2.37. The standard InChI is InChI=1S/C16H16N2O7S2/c1-8(19)25-6-9-7-27-15-16(24,14(23)18(15)12(9)13(21)22)17-11(20)5-10-3-2-4-26-10/h2-4,15,24H,5-7H2,1H3,(H,17,20)(H,21,22)/t15-,16-/m1/s1. The van der Waals surface area contributed by atoms with Gasteiger partial charge >= 0.3 is 11.9 Å². The molecule has 1 saturated heterocycles. The van der Waals surface area contributed by atoms with E-state index in [9.17, 15) is 29.4 Å². The summed E-state index contributed by atoms with van der Waals surface area (Å²) in [5.74, 6) is -3.29. The first-order valence-electron chi connectivity index (χ1n) is 7.83. The largest absolute Gasteiger partial charge is 0.477 e. The van der Waals surface area contributed by atoms with Crippen LogP contribution in [0.3, 0.4) is 0 Å². The van der Waals surface area contributed by atoms with E-state index < -0.39 is 34.9 Å². The van der Waals surface area contributed by atoms with E-state index in [1.54, 1.807) is 17.5 Å². The molecule has 27 heavy (non-hydrogen) atoms. The minimum Gasteiger partial charge on any atom is -0.477 e. The zero-order valence-corrected chi connectivity index (χ0v) is 15.8. The first-order valence-corrected chi connectivity index (χ1v) is 9.76. The van der Waals surface area contributed by atoms with Gasteiger partial charge in [0.25, 0.3) is 11.6 Å². The summed E-state index contributed by atoms with van der Waals surface area (Å²) in [5.41, 5.74) is -2.26. The molecule has 0 aromatic carbocycles. The second-order valence-electron chi connectivity index (χ2n) is 5.95. The summed E-state index contributed by atoms with van der Waals surface area (Å²) < 4.78 is 4.84. The number of thiophene rings is 1. The van der Waals surface area contributed by atoms with Gasteiger partial charge in [0.2, 0.25) is 5.91 Å². The molecule has 11 heteroatoms. The van der Waals surface area contributed by atoms with Crippen LogP contribution >= 0.6 is 23.1 Å². The predicted octanol–water partition coefficient (Wildman–Crippen LogP) is -0.0877. The molecule has 0 bridgehead atoms. The van der Waals surface area contributed by atoms with Gasteiger partial charge in [-0.2, -0.15) is 0 Å². The summed E-state index contributed by atoms with van der Waals surface area (Å²) in [6, 6.07) is 3.54. The third-order valence-corrected chi connectivity index (χ3v) is 6.28. The number of rotatable bonds is 6. The van der Waals surface area contributed by atoms with E-state index >= 15 is 0 Å². The molecule has 0 aliphatic carbocycles. The molecule has 3 N–H and O–H groups in total. The number of aliphatic carboxylic acids is 1. The Morgan fingerprint density at radius 1 is 1.44 bits per heavy atom. The summed E-state index contributed by atoms with van der Waals surface area (Å²) in [5, 5.41) is 23.3. The van der Waals surface area contributed by atoms with Crippen LogP contribution in [0.15, 0.2) is 28.8 Å². The van der Waals surface area contributed by atoms with E-state index in [4.69, 9.17) is 4.74 Å². The number of nitrogens with one attached hydrogen (secondary N) is 1. The number of ether oxygens (including phenoxy) is 1. The maximum Gasteiger partial charge on any atom is 0.352 e. The Morgan fingerprint density at radius 3 is 2.78 bits per heavy atom. The molecule has 2 aliphatic rings. The number of thioether (sulfide) groups is 1. The normalized spacial score (nSPS) is 24.1. The maximum atomic E-state index is 12.5. The highest BCUT2D eigenvalue weighted by molar-refractivity contribution is 8.00. The number of carbonyl (C=O) groups is 4. The van der Waals surface area contributed by atoms with Crippen molar-refractivity contribution in [3.8, 4) is 0 Å². The summed E-state index contributed by atoms with van der Waals surface area (Å²) in [4.78, 5) is 48.9. The molecule has 0 saturated carbocycles. The lowest BCUT2D eigenvalue weighted by atomic mass is 9.98. The van der Waals surface area contributed by atoms with Crippen molar-refractivity contribution in [2.24, 2.45) is 0 Å². The van der Waals surface area contributed by atoms with Gasteiger partial charge in [-0.05, 0) is 11.4 Å². The van der Waals surface area contributed by atoms with Gasteiger partial charge < -0.3 is 20.3 Å². The molecule has 0 spiro atoms. The molecule has 3 heterocycles. The monoisotopic (exact) mass is 412 g/mol. The fraction of sp³-hybridized carbons (Fsp3) is 0.375. The molecular formula is C16H16N2O7S2. The first-order chi connectivity index (χ1) is 12.7. The lowest BCUT2D eigenvalue weighted by Crippen LogP contribution is -2.80. The molecule has 9 nitrogen and oxygen atoms in total.